The van der Waals surface area contributed by atoms with Gasteiger partial charge in [-0.1, -0.05) is 0 Å². The number of nitrogens with one attached hydrogen (secondary N) is 3. The minimum Gasteiger partial charge on any atom is -0.338 e. The zero-order valence-corrected chi connectivity index (χ0v) is 13.5. The summed E-state index contributed by atoms with van der Waals surface area (Å²) in [4.78, 5) is 25.7. The standard InChI is InChI=1S/C14H23N3O2S/c1-6-15-14(19)17-13(18)10(4)16-9(3)12-7-8(2)20-11(12)5/h7,9-10,16H,6H2,1-5H3,(H2,15,17,18,19). The molecular weight excluding hydrogens is 274 g/mol. The number of hydrogen-bond donors (Lipinski definition) is 3. The minimum atomic E-state index is -0.457. The monoisotopic (exact) mass is 297 g/mol. The molecule has 0 aliphatic carbocycles. The van der Waals surface area contributed by atoms with Crippen LogP contribution in [0.5, 0.6) is 0 Å². The maximum atomic E-state index is 11.9. The van der Waals surface area contributed by atoms with E-state index in [1.807, 2.05) is 6.92 Å². The third kappa shape index (κ3) is 4.61. The summed E-state index contributed by atoms with van der Waals surface area (Å²) in [7, 11) is 0. The average molecular weight is 297 g/mol. The quantitative estimate of drug-likeness (QED) is 0.780. The summed E-state index contributed by atoms with van der Waals surface area (Å²) in [6.07, 6.45) is 0. The molecule has 2 atom stereocenters. The first-order valence-corrected chi connectivity index (χ1v) is 7.58. The smallest absolute Gasteiger partial charge is 0.321 e. The third-order valence-electron chi connectivity index (χ3n) is 3.01. The number of thiophene rings is 1. The lowest BCUT2D eigenvalue weighted by molar-refractivity contribution is -0.121. The van der Waals surface area contributed by atoms with E-state index in [9.17, 15) is 9.59 Å². The fourth-order valence-electron chi connectivity index (χ4n) is 2.05. The second kappa shape index (κ2) is 7.40. The summed E-state index contributed by atoms with van der Waals surface area (Å²) in [6.45, 7) is 10.2. The van der Waals surface area contributed by atoms with E-state index >= 15 is 0 Å². The SMILES string of the molecule is CCNC(=O)NC(=O)C(C)NC(C)c1cc(C)sc1C. The van der Waals surface area contributed by atoms with Crippen LogP contribution in [0.2, 0.25) is 0 Å². The summed E-state index contributed by atoms with van der Waals surface area (Å²) in [6, 6.07) is 1.30. The molecule has 112 valence electrons. The minimum absolute atomic E-state index is 0.0648. The number of hydrogen-bond acceptors (Lipinski definition) is 4. The fourth-order valence-corrected chi connectivity index (χ4v) is 3.07. The highest BCUT2D eigenvalue weighted by atomic mass is 32.1. The molecule has 0 spiro atoms. The Kier molecular flexibility index (Phi) is 6.16. The number of urea groups is 1. The highest BCUT2D eigenvalue weighted by Crippen LogP contribution is 2.26. The van der Waals surface area contributed by atoms with Gasteiger partial charge in [0.25, 0.3) is 0 Å². The lowest BCUT2D eigenvalue weighted by Crippen LogP contribution is -2.48. The van der Waals surface area contributed by atoms with E-state index in [0.717, 1.165) is 0 Å². The number of carbonyl (C=O) groups excluding carboxylic acids is 2. The van der Waals surface area contributed by atoms with Crippen molar-refractivity contribution < 1.29 is 9.59 Å². The Bertz CT molecular complexity index is 485. The molecular formula is C14H23N3O2S. The molecule has 20 heavy (non-hydrogen) atoms. The van der Waals surface area contributed by atoms with E-state index in [-0.39, 0.29) is 11.9 Å². The second-order valence-corrected chi connectivity index (χ2v) is 6.29. The Balaban J connectivity index is 2.57. The number of rotatable bonds is 5. The molecule has 6 heteroatoms. The van der Waals surface area contributed by atoms with Gasteiger partial charge in [-0.15, -0.1) is 11.3 Å². The lowest BCUT2D eigenvalue weighted by atomic mass is 10.1. The van der Waals surface area contributed by atoms with Gasteiger partial charge < -0.3 is 5.32 Å². The van der Waals surface area contributed by atoms with Gasteiger partial charge in [0, 0.05) is 22.3 Å². The summed E-state index contributed by atoms with van der Waals surface area (Å²) >= 11 is 1.75. The van der Waals surface area contributed by atoms with Crippen LogP contribution in [0.1, 0.15) is 42.1 Å². The van der Waals surface area contributed by atoms with Gasteiger partial charge in [-0.3, -0.25) is 15.4 Å². The van der Waals surface area contributed by atoms with Crippen LogP contribution < -0.4 is 16.0 Å². The summed E-state index contributed by atoms with van der Waals surface area (Å²) in [5.74, 6) is -0.326. The third-order valence-corrected chi connectivity index (χ3v) is 3.99. The maximum absolute atomic E-state index is 11.9. The summed E-state index contributed by atoms with van der Waals surface area (Å²) < 4.78 is 0. The molecule has 0 fully saturated rings. The van der Waals surface area contributed by atoms with E-state index < -0.39 is 12.1 Å². The van der Waals surface area contributed by atoms with Crippen molar-refractivity contribution in [2.75, 3.05) is 6.54 Å². The average Bonchev–Trinajstić information content (AvgIpc) is 2.68. The number of aryl methyl sites for hydroxylation is 2. The van der Waals surface area contributed by atoms with Gasteiger partial charge in [0.15, 0.2) is 0 Å². The molecule has 5 nitrogen and oxygen atoms in total. The molecule has 0 saturated carbocycles. The molecule has 0 aliphatic heterocycles. The molecule has 1 aromatic heterocycles. The van der Waals surface area contributed by atoms with Gasteiger partial charge in [0.1, 0.15) is 0 Å². The molecule has 3 N–H and O–H groups in total. The van der Waals surface area contributed by atoms with Crippen molar-refractivity contribution in [1.29, 1.82) is 0 Å². The molecule has 0 saturated heterocycles. The predicted molar refractivity (Wildman–Crippen MR) is 82.0 cm³/mol. The van der Waals surface area contributed by atoms with Gasteiger partial charge in [0.2, 0.25) is 5.91 Å². The first-order valence-electron chi connectivity index (χ1n) is 6.76. The zero-order valence-electron chi connectivity index (χ0n) is 12.7. The maximum Gasteiger partial charge on any atom is 0.321 e. The molecule has 1 aromatic rings. The second-order valence-electron chi connectivity index (χ2n) is 4.83. The summed E-state index contributed by atoms with van der Waals surface area (Å²) in [5, 5.41) is 8.05. The van der Waals surface area contributed by atoms with Crippen LogP contribution in [0.3, 0.4) is 0 Å². The largest absolute Gasteiger partial charge is 0.338 e. The van der Waals surface area contributed by atoms with E-state index in [1.165, 1.54) is 15.3 Å². The molecule has 2 unspecified atom stereocenters. The van der Waals surface area contributed by atoms with Crippen molar-refractivity contribution in [2.24, 2.45) is 0 Å². The predicted octanol–water partition coefficient (Wildman–Crippen LogP) is 2.25. The van der Waals surface area contributed by atoms with Crippen molar-refractivity contribution in [3.63, 3.8) is 0 Å². The van der Waals surface area contributed by atoms with Crippen molar-refractivity contribution in [3.8, 4) is 0 Å². The van der Waals surface area contributed by atoms with Crippen LogP contribution in [0.4, 0.5) is 4.79 Å². The van der Waals surface area contributed by atoms with Crippen LogP contribution in [0, 0.1) is 13.8 Å². The van der Waals surface area contributed by atoms with Crippen molar-refractivity contribution in [3.05, 3.63) is 21.4 Å². The Hall–Kier alpha value is -1.40. The van der Waals surface area contributed by atoms with Crippen molar-refractivity contribution >= 4 is 23.3 Å². The molecule has 1 rings (SSSR count). The van der Waals surface area contributed by atoms with Crippen LogP contribution in [-0.2, 0) is 4.79 Å². The molecule has 0 aromatic carbocycles. The Labute approximate surface area is 124 Å². The van der Waals surface area contributed by atoms with Crippen LogP contribution in [-0.4, -0.2) is 24.5 Å². The van der Waals surface area contributed by atoms with Crippen molar-refractivity contribution in [1.82, 2.24) is 16.0 Å². The summed E-state index contributed by atoms with van der Waals surface area (Å²) in [5.41, 5.74) is 1.20. The Morgan fingerprint density at radius 2 is 1.95 bits per heavy atom. The van der Waals surface area contributed by atoms with E-state index in [1.54, 1.807) is 25.2 Å². The van der Waals surface area contributed by atoms with Gasteiger partial charge >= 0.3 is 6.03 Å². The van der Waals surface area contributed by atoms with Crippen LogP contribution in [0.25, 0.3) is 0 Å². The Morgan fingerprint density at radius 1 is 1.30 bits per heavy atom. The highest BCUT2D eigenvalue weighted by Gasteiger charge is 2.19. The van der Waals surface area contributed by atoms with Crippen LogP contribution >= 0.6 is 11.3 Å². The topological polar surface area (TPSA) is 70.2 Å². The van der Waals surface area contributed by atoms with E-state index in [0.29, 0.717) is 6.54 Å². The fraction of sp³-hybridized carbons (Fsp3) is 0.571. The highest BCUT2D eigenvalue weighted by molar-refractivity contribution is 7.12. The van der Waals surface area contributed by atoms with Gasteiger partial charge in [-0.05, 0) is 46.2 Å². The molecule has 0 bridgehead atoms. The first-order chi connectivity index (χ1) is 9.35. The number of carbonyl (C=O) groups is 2. The normalized spacial score (nSPS) is 13.7. The van der Waals surface area contributed by atoms with Gasteiger partial charge in [-0.2, -0.15) is 0 Å². The number of amides is 3. The molecule has 0 radical (unpaired) electrons. The van der Waals surface area contributed by atoms with Crippen LogP contribution in [0.15, 0.2) is 6.07 Å². The van der Waals surface area contributed by atoms with Gasteiger partial charge in [0.05, 0.1) is 6.04 Å². The van der Waals surface area contributed by atoms with E-state index in [4.69, 9.17) is 0 Å². The number of imide groups is 1. The van der Waals surface area contributed by atoms with Gasteiger partial charge in [-0.25, -0.2) is 4.79 Å². The molecule has 0 aliphatic rings. The molecule has 3 amide bonds. The Morgan fingerprint density at radius 3 is 2.45 bits per heavy atom. The zero-order chi connectivity index (χ0) is 15.3. The first kappa shape index (κ1) is 16.7. The lowest BCUT2D eigenvalue weighted by Gasteiger charge is -2.19. The van der Waals surface area contributed by atoms with Crippen molar-refractivity contribution in [2.45, 2.75) is 46.7 Å². The van der Waals surface area contributed by atoms with E-state index in [2.05, 4.69) is 35.9 Å². The molecule has 1 heterocycles.